The van der Waals surface area contributed by atoms with Crippen LogP contribution < -0.4 is 10.6 Å². The van der Waals surface area contributed by atoms with Crippen molar-refractivity contribution in [2.75, 3.05) is 11.9 Å². The van der Waals surface area contributed by atoms with Crippen molar-refractivity contribution in [3.05, 3.63) is 113 Å². The molecule has 0 fully saturated rings. The van der Waals surface area contributed by atoms with E-state index in [1.807, 2.05) is 56.4 Å². The number of rotatable bonds is 9. The summed E-state index contributed by atoms with van der Waals surface area (Å²) in [5.74, 6) is 0.539. The normalized spacial score (nSPS) is 12.9. The first-order chi connectivity index (χ1) is 17.8. The first kappa shape index (κ1) is 25.8. The molecule has 2 aromatic heterocycles. The maximum absolute atomic E-state index is 13.4. The molecule has 7 nitrogen and oxygen atoms in total. The van der Waals surface area contributed by atoms with Crippen molar-refractivity contribution in [1.82, 2.24) is 20.1 Å². The summed E-state index contributed by atoms with van der Waals surface area (Å²) in [4.78, 5) is 21.4. The van der Waals surface area contributed by atoms with Crippen LogP contribution in [0.4, 0.5) is 5.82 Å². The fourth-order valence-corrected chi connectivity index (χ4v) is 3.97. The SMILES string of the molecule is [C-]#[N+]C(C)(C)n1cc(-c2ccc(NC(=O)[C@@H](NC[C@@H](C)c3ccc(C)cc3)c3ccccc3)nc2)cn1. The third-order valence-electron chi connectivity index (χ3n) is 6.43. The van der Waals surface area contributed by atoms with Gasteiger partial charge in [-0.05, 0) is 36.1 Å². The Balaban J connectivity index is 1.46. The van der Waals surface area contributed by atoms with Crippen molar-refractivity contribution in [2.24, 2.45) is 0 Å². The lowest BCUT2D eigenvalue weighted by molar-refractivity contribution is -0.118. The molecule has 37 heavy (non-hydrogen) atoms. The minimum atomic E-state index is -0.754. The Morgan fingerprint density at radius 3 is 2.38 bits per heavy atom. The van der Waals surface area contributed by atoms with Gasteiger partial charge in [-0.3, -0.25) is 9.64 Å². The second kappa shape index (κ2) is 11.2. The van der Waals surface area contributed by atoms with Crippen molar-refractivity contribution in [3.63, 3.8) is 0 Å². The summed E-state index contributed by atoms with van der Waals surface area (Å²) >= 11 is 0. The molecular weight excluding hydrogens is 460 g/mol. The molecule has 2 N–H and O–H groups in total. The smallest absolute Gasteiger partial charge is 0.309 e. The van der Waals surface area contributed by atoms with Gasteiger partial charge in [0.1, 0.15) is 11.9 Å². The topological polar surface area (TPSA) is 76.2 Å². The van der Waals surface area contributed by atoms with Gasteiger partial charge in [0.25, 0.3) is 0 Å². The average Bonchev–Trinajstić information content (AvgIpc) is 3.42. The molecule has 7 heteroatoms. The minimum absolute atomic E-state index is 0.172. The molecule has 188 valence electrons. The van der Waals surface area contributed by atoms with Crippen LogP contribution in [0.5, 0.6) is 0 Å². The number of amides is 1. The van der Waals surface area contributed by atoms with E-state index in [1.54, 1.807) is 23.1 Å². The quantitative estimate of drug-likeness (QED) is 0.284. The van der Waals surface area contributed by atoms with Crippen molar-refractivity contribution in [1.29, 1.82) is 0 Å². The Kier molecular flexibility index (Phi) is 7.80. The number of pyridine rings is 1. The highest BCUT2D eigenvalue weighted by molar-refractivity contribution is 5.95. The first-order valence-electron chi connectivity index (χ1n) is 12.3. The van der Waals surface area contributed by atoms with Gasteiger partial charge in [0.15, 0.2) is 0 Å². The van der Waals surface area contributed by atoms with Crippen LogP contribution in [-0.4, -0.2) is 27.2 Å². The summed E-state index contributed by atoms with van der Waals surface area (Å²) in [6.07, 6.45) is 5.25. The lowest BCUT2D eigenvalue weighted by atomic mass is 9.98. The second-order valence-electron chi connectivity index (χ2n) is 9.76. The van der Waals surface area contributed by atoms with Crippen molar-refractivity contribution in [2.45, 2.75) is 45.3 Å². The highest BCUT2D eigenvalue weighted by Gasteiger charge is 2.26. The Morgan fingerprint density at radius 1 is 1.00 bits per heavy atom. The minimum Gasteiger partial charge on any atom is -0.309 e. The summed E-state index contributed by atoms with van der Waals surface area (Å²) in [6, 6.07) is 21.3. The highest BCUT2D eigenvalue weighted by Crippen LogP contribution is 2.24. The summed E-state index contributed by atoms with van der Waals surface area (Å²) in [6.45, 7) is 15.9. The summed E-state index contributed by atoms with van der Waals surface area (Å²) in [5, 5.41) is 10.7. The van der Waals surface area contributed by atoms with Crippen molar-refractivity contribution in [3.8, 4) is 11.1 Å². The molecule has 0 aliphatic heterocycles. The predicted molar refractivity (Wildman–Crippen MR) is 147 cm³/mol. The number of nitrogens with one attached hydrogen (secondary N) is 2. The van der Waals surface area contributed by atoms with Crippen LogP contribution in [-0.2, 0) is 10.5 Å². The molecule has 0 unspecified atom stereocenters. The standard InChI is InChI=1S/C30H32N6O/c1-21-11-13-23(14-12-21)22(2)17-33-28(24-9-7-6-8-10-24)29(37)35-27-16-15-25(18-32-27)26-19-34-36(20-26)30(3,4)31-5/h6-16,18-20,22,28,33H,17H2,1-4H3,(H,32,35,37)/t22-,28+/m1/s1. The average molecular weight is 493 g/mol. The molecule has 2 aromatic carbocycles. The number of carbonyl (C=O) groups excluding carboxylic acids is 1. The largest absolute Gasteiger partial charge is 0.319 e. The van der Waals surface area contributed by atoms with Gasteiger partial charge in [-0.25, -0.2) is 11.6 Å². The Labute approximate surface area is 218 Å². The van der Waals surface area contributed by atoms with Gasteiger partial charge >= 0.3 is 5.66 Å². The molecule has 0 bridgehead atoms. The number of hydrogen-bond donors (Lipinski definition) is 2. The molecule has 4 aromatic rings. The number of aromatic nitrogens is 3. The van der Waals surface area contributed by atoms with E-state index in [-0.39, 0.29) is 11.8 Å². The molecule has 0 radical (unpaired) electrons. The number of carbonyl (C=O) groups is 1. The third kappa shape index (κ3) is 6.29. The molecule has 0 spiro atoms. The Hall–Kier alpha value is -4.28. The van der Waals surface area contributed by atoms with E-state index in [0.29, 0.717) is 12.4 Å². The molecule has 2 atom stereocenters. The van der Waals surface area contributed by atoms with Crippen molar-refractivity contribution >= 4 is 11.7 Å². The molecule has 0 aliphatic carbocycles. The lowest BCUT2D eigenvalue weighted by Crippen LogP contribution is -2.35. The monoisotopic (exact) mass is 492 g/mol. The predicted octanol–water partition coefficient (Wildman–Crippen LogP) is 5.94. The first-order valence-corrected chi connectivity index (χ1v) is 12.3. The number of anilines is 1. The lowest BCUT2D eigenvalue weighted by Gasteiger charge is -2.21. The summed E-state index contributed by atoms with van der Waals surface area (Å²) in [7, 11) is 0. The van der Waals surface area contributed by atoms with E-state index < -0.39 is 11.7 Å². The van der Waals surface area contributed by atoms with Crippen LogP contribution in [0.1, 0.15) is 49.4 Å². The zero-order valence-electron chi connectivity index (χ0n) is 21.6. The van der Waals surface area contributed by atoms with Crippen LogP contribution >= 0.6 is 0 Å². The van der Waals surface area contributed by atoms with Crippen LogP contribution in [0.3, 0.4) is 0 Å². The fraction of sp³-hybridized carbons (Fsp3) is 0.267. The van der Waals surface area contributed by atoms with Crippen LogP contribution in [0.15, 0.2) is 85.3 Å². The van der Waals surface area contributed by atoms with E-state index >= 15 is 0 Å². The number of hydrogen-bond acceptors (Lipinski definition) is 4. The second-order valence-corrected chi connectivity index (χ2v) is 9.76. The Morgan fingerprint density at radius 2 is 1.73 bits per heavy atom. The zero-order valence-corrected chi connectivity index (χ0v) is 21.6. The van der Waals surface area contributed by atoms with E-state index in [0.717, 1.165) is 16.7 Å². The molecule has 4 rings (SSSR count). The molecular formula is C30H32N6O. The number of aryl methyl sites for hydroxylation is 1. The number of benzene rings is 2. The maximum Gasteiger partial charge on any atom is 0.319 e. The molecule has 0 saturated heterocycles. The summed E-state index contributed by atoms with van der Waals surface area (Å²) in [5.41, 5.74) is 4.31. The molecule has 2 heterocycles. The van der Waals surface area contributed by atoms with Crippen molar-refractivity contribution < 1.29 is 4.79 Å². The Bertz CT molecular complexity index is 1370. The van der Waals surface area contributed by atoms with Gasteiger partial charge in [0, 0.05) is 43.9 Å². The van der Waals surface area contributed by atoms with Gasteiger partial charge < -0.3 is 10.6 Å². The molecule has 1 amide bonds. The van der Waals surface area contributed by atoms with E-state index in [1.165, 1.54) is 11.1 Å². The van der Waals surface area contributed by atoms with E-state index in [4.69, 9.17) is 6.57 Å². The highest BCUT2D eigenvalue weighted by atomic mass is 16.2. The van der Waals surface area contributed by atoms with Gasteiger partial charge in [-0.15, -0.1) is 0 Å². The van der Waals surface area contributed by atoms with E-state index in [9.17, 15) is 4.79 Å². The number of nitrogens with zero attached hydrogens (tertiary/aromatic N) is 4. The van der Waals surface area contributed by atoms with Crippen LogP contribution in [0.2, 0.25) is 0 Å². The van der Waals surface area contributed by atoms with Crippen LogP contribution in [0, 0.1) is 13.5 Å². The fourth-order valence-electron chi connectivity index (χ4n) is 3.97. The third-order valence-corrected chi connectivity index (χ3v) is 6.43. The van der Waals surface area contributed by atoms with Gasteiger partial charge in [-0.2, -0.15) is 9.78 Å². The van der Waals surface area contributed by atoms with Crippen LogP contribution in [0.25, 0.3) is 16.0 Å². The zero-order chi connectivity index (χ0) is 26.4. The molecule has 0 saturated carbocycles. The van der Waals surface area contributed by atoms with E-state index in [2.05, 4.69) is 63.7 Å². The van der Waals surface area contributed by atoms with Gasteiger partial charge in [0.05, 0.1) is 6.20 Å². The maximum atomic E-state index is 13.4. The summed E-state index contributed by atoms with van der Waals surface area (Å²) < 4.78 is 1.64. The van der Waals surface area contributed by atoms with Gasteiger partial charge in [0.2, 0.25) is 5.91 Å². The molecule has 0 aliphatic rings. The van der Waals surface area contributed by atoms with Gasteiger partial charge in [-0.1, -0.05) is 67.1 Å².